The van der Waals surface area contributed by atoms with Crippen LogP contribution in [0.15, 0.2) is 30.3 Å². The summed E-state index contributed by atoms with van der Waals surface area (Å²) in [5.74, 6) is -0.119. The van der Waals surface area contributed by atoms with Crippen molar-refractivity contribution in [3.63, 3.8) is 0 Å². The van der Waals surface area contributed by atoms with Gasteiger partial charge in [-0.2, -0.15) is 0 Å². The Balaban J connectivity index is 2.32. The molecule has 0 aliphatic rings. The van der Waals surface area contributed by atoms with E-state index in [9.17, 15) is 33.7 Å². The molecule has 2 aromatic rings. The Hall–Kier alpha value is -3.04. The fourth-order valence-electron chi connectivity index (χ4n) is 2.26. The van der Waals surface area contributed by atoms with Gasteiger partial charge in [-0.25, -0.2) is 19.6 Å². The molecule has 0 aromatic heterocycles. The van der Waals surface area contributed by atoms with Crippen molar-refractivity contribution in [1.82, 2.24) is 5.01 Å². The molecular weight excluding hydrogens is 338 g/mol. The van der Waals surface area contributed by atoms with E-state index < -0.39 is 40.9 Å². The number of amides is 2. The van der Waals surface area contributed by atoms with Crippen LogP contribution in [0.2, 0.25) is 0 Å². The zero-order valence-corrected chi connectivity index (χ0v) is 12.9. The third-order valence-electron chi connectivity index (χ3n) is 3.40. The van der Waals surface area contributed by atoms with Gasteiger partial charge in [0.05, 0.1) is 5.56 Å². The fraction of sp³-hybridized carbons (Fsp3) is 0.125. The van der Waals surface area contributed by atoms with Gasteiger partial charge in [0.1, 0.15) is 23.1 Å². The van der Waals surface area contributed by atoms with Gasteiger partial charge in [0.2, 0.25) is 0 Å². The number of aryl methyl sites for hydroxylation is 1. The fourth-order valence-corrected chi connectivity index (χ4v) is 2.26. The van der Waals surface area contributed by atoms with E-state index in [4.69, 9.17) is 5.84 Å². The van der Waals surface area contributed by atoms with Gasteiger partial charge >= 0.3 is 0 Å². The number of hydrazine groups is 1. The number of phenols is 2. The van der Waals surface area contributed by atoms with Crippen LogP contribution >= 0.6 is 0 Å². The van der Waals surface area contributed by atoms with Gasteiger partial charge in [-0.1, -0.05) is 0 Å². The van der Waals surface area contributed by atoms with Crippen LogP contribution in [0, 0.1) is 18.6 Å². The van der Waals surface area contributed by atoms with Crippen LogP contribution in [-0.4, -0.2) is 32.1 Å². The third kappa shape index (κ3) is 3.73. The van der Waals surface area contributed by atoms with E-state index in [-0.39, 0.29) is 21.9 Å². The van der Waals surface area contributed by atoms with Gasteiger partial charge in [0, 0.05) is 12.1 Å². The SMILES string of the molecule is Cc1cc(O)cc(O)c1C(=O)N(N)C(=O)C(O)c1cc(F)cc(F)c1. The molecule has 0 aliphatic heterocycles. The molecule has 132 valence electrons. The highest BCUT2D eigenvalue weighted by Crippen LogP contribution is 2.28. The molecule has 2 aromatic carbocycles. The maximum atomic E-state index is 13.2. The third-order valence-corrected chi connectivity index (χ3v) is 3.40. The molecule has 7 nitrogen and oxygen atoms in total. The van der Waals surface area contributed by atoms with E-state index in [1.807, 2.05) is 0 Å². The van der Waals surface area contributed by atoms with Crippen LogP contribution in [0.5, 0.6) is 11.5 Å². The molecule has 0 fully saturated rings. The van der Waals surface area contributed by atoms with Gasteiger partial charge in [-0.05, 0) is 36.2 Å². The molecule has 0 aliphatic carbocycles. The average Bonchev–Trinajstić information content (AvgIpc) is 2.50. The first-order chi connectivity index (χ1) is 11.6. The number of carbonyl (C=O) groups is 2. The van der Waals surface area contributed by atoms with Crippen LogP contribution < -0.4 is 5.84 Å². The van der Waals surface area contributed by atoms with Crippen molar-refractivity contribution >= 4 is 11.8 Å². The molecule has 0 heterocycles. The highest BCUT2D eigenvalue weighted by Gasteiger charge is 2.30. The Bertz CT molecular complexity index is 813. The zero-order chi connectivity index (χ0) is 18.9. The number of nitrogens with two attached hydrogens (primary N) is 1. The average molecular weight is 352 g/mol. The largest absolute Gasteiger partial charge is 0.508 e. The summed E-state index contributed by atoms with van der Waals surface area (Å²) in [5.41, 5.74) is -0.680. The van der Waals surface area contributed by atoms with Crippen molar-refractivity contribution in [2.45, 2.75) is 13.0 Å². The number of aliphatic hydroxyl groups excluding tert-OH is 1. The predicted octanol–water partition coefficient (Wildman–Crippen LogP) is 1.26. The first-order valence-electron chi connectivity index (χ1n) is 6.91. The molecule has 5 N–H and O–H groups in total. The summed E-state index contributed by atoms with van der Waals surface area (Å²) in [7, 11) is 0. The van der Waals surface area contributed by atoms with E-state index in [1.165, 1.54) is 6.92 Å². The summed E-state index contributed by atoms with van der Waals surface area (Å²) in [6.07, 6.45) is -2.10. The number of nitrogens with zero attached hydrogens (tertiary/aromatic N) is 1. The number of aliphatic hydroxyl groups is 1. The van der Waals surface area contributed by atoms with E-state index in [0.29, 0.717) is 18.2 Å². The molecule has 0 radical (unpaired) electrons. The number of phenolic OH excluding ortho intramolecular Hbond substituents is 2. The van der Waals surface area contributed by atoms with E-state index in [2.05, 4.69) is 0 Å². The van der Waals surface area contributed by atoms with Crippen LogP contribution in [0.3, 0.4) is 0 Å². The lowest BCUT2D eigenvalue weighted by molar-refractivity contribution is -0.138. The number of aromatic hydroxyl groups is 2. The number of carbonyl (C=O) groups excluding carboxylic acids is 2. The Kier molecular flexibility index (Phi) is 5.00. The standard InChI is InChI=1S/C16H14F2N2O5/c1-7-2-11(21)6-12(22)13(7)15(24)20(19)16(25)14(23)8-3-9(17)5-10(18)4-8/h2-6,14,21-23H,19H2,1H3. The second-order valence-electron chi connectivity index (χ2n) is 5.28. The Morgan fingerprint density at radius 1 is 1.08 bits per heavy atom. The van der Waals surface area contributed by atoms with Crippen LogP contribution in [-0.2, 0) is 4.79 Å². The number of hydrogen-bond donors (Lipinski definition) is 4. The lowest BCUT2D eigenvalue weighted by Gasteiger charge is -2.20. The molecule has 0 bridgehead atoms. The molecule has 1 unspecified atom stereocenters. The van der Waals surface area contributed by atoms with Crippen molar-refractivity contribution in [2.24, 2.45) is 5.84 Å². The maximum absolute atomic E-state index is 13.2. The molecule has 0 saturated carbocycles. The lowest BCUT2D eigenvalue weighted by Crippen LogP contribution is -2.45. The Morgan fingerprint density at radius 2 is 1.64 bits per heavy atom. The van der Waals surface area contributed by atoms with Gasteiger partial charge < -0.3 is 15.3 Å². The first kappa shape index (κ1) is 18.3. The number of imide groups is 1. The summed E-state index contributed by atoms with van der Waals surface area (Å²) < 4.78 is 26.4. The number of halogens is 2. The molecule has 1 atom stereocenters. The smallest absolute Gasteiger partial charge is 0.278 e. The second-order valence-corrected chi connectivity index (χ2v) is 5.28. The molecule has 25 heavy (non-hydrogen) atoms. The quantitative estimate of drug-likeness (QED) is 0.375. The van der Waals surface area contributed by atoms with Crippen molar-refractivity contribution in [1.29, 1.82) is 0 Å². The highest BCUT2D eigenvalue weighted by molar-refractivity contribution is 6.07. The minimum absolute atomic E-state index is 0.0204. The van der Waals surface area contributed by atoms with Crippen LogP contribution in [0.1, 0.15) is 27.6 Å². The van der Waals surface area contributed by atoms with Crippen molar-refractivity contribution in [3.8, 4) is 11.5 Å². The van der Waals surface area contributed by atoms with Crippen molar-refractivity contribution in [3.05, 3.63) is 58.7 Å². The lowest BCUT2D eigenvalue weighted by atomic mass is 10.0. The summed E-state index contributed by atoms with van der Waals surface area (Å²) in [4.78, 5) is 24.4. The summed E-state index contributed by atoms with van der Waals surface area (Å²) in [6, 6.07) is 4.00. The van der Waals surface area contributed by atoms with Gasteiger partial charge in [-0.15, -0.1) is 0 Å². The number of benzene rings is 2. The zero-order valence-electron chi connectivity index (χ0n) is 12.9. The Morgan fingerprint density at radius 3 is 2.16 bits per heavy atom. The van der Waals surface area contributed by atoms with Crippen molar-refractivity contribution < 1.29 is 33.7 Å². The molecule has 0 saturated heterocycles. The normalized spacial score (nSPS) is 11.9. The minimum Gasteiger partial charge on any atom is -0.508 e. The maximum Gasteiger partial charge on any atom is 0.278 e. The van der Waals surface area contributed by atoms with E-state index in [1.54, 1.807) is 0 Å². The Labute approximate surface area is 140 Å². The molecule has 2 rings (SSSR count). The molecule has 0 spiro atoms. The molecule has 2 amide bonds. The van der Waals surface area contributed by atoms with E-state index in [0.717, 1.165) is 12.1 Å². The number of hydrogen-bond acceptors (Lipinski definition) is 6. The highest BCUT2D eigenvalue weighted by atomic mass is 19.1. The predicted molar refractivity (Wildman–Crippen MR) is 81.2 cm³/mol. The van der Waals surface area contributed by atoms with Gasteiger partial charge in [0.25, 0.3) is 11.8 Å². The van der Waals surface area contributed by atoms with Gasteiger partial charge in [0.15, 0.2) is 6.10 Å². The topological polar surface area (TPSA) is 124 Å². The minimum atomic E-state index is -2.10. The van der Waals surface area contributed by atoms with Crippen LogP contribution in [0.25, 0.3) is 0 Å². The summed E-state index contributed by atoms with van der Waals surface area (Å²) in [6.45, 7) is 1.38. The summed E-state index contributed by atoms with van der Waals surface area (Å²) >= 11 is 0. The number of rotatable bonds is 3. The molecular formula is C16H14F2N2O5. The monoisotopic (exact) mass is 352 g/mol. The van der Waals surface area contributed by atoms with Crippen LogP contribution in [0.4, 0.5) is 8.78 Å². The van der Waals surface area contributed by atoms with Gasteiger partial charge in [-0.3, -0.25) is 9.59 Å². The van der Waals surface area contributed by atoms with Crippen molar-refractivity contribution in [2.75, 3.05) is 0 Å². The second kappa shape index (κ2) is 6.83. The summed E-state index contributed by atoms with van der Waals surface area (Å²) in [5, 5.41) is 29.1. The molecule has 9 heteroatoms. The first-order valence-corrected chi connectivity index (χ1v) is 6.91. The van der Waals surface area contributed by atoms with E-state index >= 15 is 0 Å².